The first-order valence-corrected chi connectivity index (χ1v) is 37.8. The van der Waals surface area contributed by atoms with Crippen LogP contribution in [-0.2, 0) is 65.4 Å². The van der Waals surface area contributed by atoms with Gasteiger partial charge in [0.1, 0.15) is 19.3 Å². The average molecular weight is 1270 g/mol. The van der Waals surface area contributed by atoms with Crippen LogP contribution in [0.15, 0.2) is 0 Å². The average Bonchev–Trinajstić information content (AvgIpc) is 3.69. The molecule has 0 aliphatic rings. The Labute approximate surface area is 524 Å². The minimum absolute atomic E-state index is 0.103. The first kappa shape index (κ1) is 84.1. The topological polar surface area (TPSA) is 237 Å². The van der Waals surface area contributed by atoms with Gasteiger partial charge in [0.05, 0.1) is 26.4 Å². The molecule has 0 aliphatic heterocycles. The second kappa shape index (κ2) is 57.0. The fourth-order valence-corrected chi connectivity index (χ4v) is 11.5. The number of rotatable bonds is 64. The van der Waals surface area contributed by atoms with E-state index >= 15 is 0 Å². The minimum Gasteiger partial charge on any atom is -0.462 e. The van der Waals surface area contributed by atoms with Gasteiger partial charge in [-0.25, -0.2) is 9.13 Å². The molecule has 0 aliphatic carbocycles. The molecule has 0 radical (unpaired) electrons. The lowest BCUT2D eigenvalue weighted by molar-refractivity contribution is -0.161. The molecular weight excluding hydrogens is 1140 g/mol. The number of carbonyl (C=O) groups is 4. The van der Waals surface area contributed by atoms with Crippen molar-refractivity contribution < 1.29 is 80.2 Å². The molecule has 0 spiro atoms. The van der Waals surface area contributed by atoms with Crippen molar-refractivity contribution in [1.29, 1.82) is 0 Å². The van der Waals surface area contributed by atoms with Crippen molar-refractivity contribution in [2.24, 2.45) is 23.7 Å². The third-order valence-corrected chi connectivity index (χ3v) is 17.9. The maximum atomic E-state index is 13.0. The molecule has 0 fully saturated rings. The van der Waals surface area contributed by atoms with Crippen molar-refractivity contribution in [1.82, 2.24) is 0 Å². The van der Waals surface area contributed by atoms with Gasteiger partial charge in [-0.1, -0.05) is 274 Å². The molecule has 0 aromatic carbocycles. The van der Waals surface area contributed by atoms with E-state index in [1.54, 1.807) is 0 Å². The number of aliphatic hydroxyl groups is 1. The Bertz CT molecular complexity index is 1720. The van der Waals surface area contributed by atoms with Gasteiger partial charge in [-0.05, 0) is 49.4 Å². The number of hydrogen-bond acceptors (Lipinski definition) is 15. The molecule has 0 amide bonds. The van der Waals surface area contributed by atoms with Gasteiger partial charge in [0.2, 0.25) is 0 Å². The molecule has 0 heterocycles. The number of carbonyl (C=O) groups excluding carboxylic acids is 4. The number of aliphatic hydroxyl groups excluding tert-OH is 1. The SMILES string of the molecule is CCC(C)CCCCCCCCCCC(=O)OC[C@H](COP(=O)(O)OC[C@@H](O)COP(=O)(O)OC[C@@H](COC(=O)CCCCCCCCC(C)CC)OC(=O)CCCCCCCCCCCCC(C)C)OC(=O)CCCCCCCCCCC(C)C. The molecule has 0 bridgehead atoms. The fourth-order valence-electron chi connectivity index (χ4n) is 9.89. The molecule has 0 saturated carbocycles. The van der Waals surface area contributed by atoms with Crippen molar-refractivity contribution in [3.63, 3.8) is 0 Å². The van der Waals surface area contributed by atoms with Crippen molar-refractivity contribution in [3.8, 4) is 0 Å². The highest BCUT2D eigenvalue weighted by Gasteiger charge is 2.30. The molecule has 3 N–H and O–H groups in total. The van der Waals surface area contributed by atoms with E-state index in [0.29, 0.717) is 25.7 Å². The number of phosphoric ester groups is 2. The molecule has 510 valence electrons. The van der Waals surface area contributed by atoms with Crippen LogP contribution in [0, 0.1) is 23.7 Å². The zero-order valence-electron chi connectivity index (χ0n) is 55.9. The van der Waals surface area contributed by atoms with Crippen LogP contribution < -0.4 is 0 Å². The van der Waals surface area contributed by atoms with E-state index in [1.165, 1.54) is 122 Å². The van der Waals surface area contributed by atoms with Crippen LogP contribution in [0.3, 0.4) is 0 Å². The number of esters is 4. The summed E-state index contributed by atoms with van der Waals surface area (Å²) in [7, 11) is -9.90. The van der Waals surface area contributed by atoms with E-state index in [1.807, 2.05) is 0 Å². The summed E-state index contributed by atoms with van der Waals surface area (Å²) >= 11 is 0. The van der Waals surface area contributed by atoms with Crippen molar-refractivity contribution in [2.45, 2.75) is 343 Å². The molecular formula is C67H130O17P2. The van der Waals surface area contributed by atoms with Crippen molar-refractivity contribution in [2.75, 3.05) is 39.6 Å². The van der Waals surface area contributed by atoms with Crippen LogP contribution in [-0.4, -0.2) is 96.7 Å². The van der Waals surface area contributed by atoms with E-state index in [2.05, 4.69) is 55.4 Å². The van der Waals surface area contributed by atoms with Crippen LogP contribution in [0.1, 0.15) is 325 Å². The largest absolute Gasteiger partial charge is 0.472 e. The Morgan fingerprint density at radius 1 is 0.326 bits per heavy atom. The normalized spacial score (nSPS) is 15.0. The molecule has 0 aromatic heterocycles. The molecule has 0 saturated heterocycles. The van der Waals surface area contributed by atoms with Gasteiger partial charge in [0.25, 0.3) is 0 Å². The second-order valence-corrected chi connectivity index (χ2v) is 28.6. The summed E-state index contributed by atoms with van der Waals surface area (Å²) in [5.74, 6) is 0.843. The fraction of sp³-hybridized carbons (Fsp3) is 0.940. The lowest BCUT2D eigenvalue weighted by Gasteiger charge is -2.21. The van der Waals surface area contributed by atoms with E-state index in [9.17, 15) is 43.2 Å². The summed E-state index contributed by atoms with van der Waals surface area (Å²) in [4.78, 5) is 72.4. The highest BCUT2D eigenvalue weighted by atomic mass is 31.2. The monoisotopic (exact) mass is 1270 g/mol. The summed E-state index contributed by atoms with van der Waals surface area (Å²) in [5, 5.41) is 10.6. The predicted octanol–water partition coefficient (Wildman–Crippen LogP) is 18.5. The standard InChI is InChI=1S/C67H130O17P2/c1-9-59(7)45-37-29-21-16-18-22-31-39-47-64(69)77-53-62(84-67(72)50-42-34-24-17-15-20-28-36-44-58(5)6)55-81-85(73,74)79-51-61(68)52-80-86(75,76)82-56-63(54-78-65(70)48-40-32-26-25-30-38-46-60(8)10-2)83-66(71)49-41-33-23-14-12-11-13-19-27-35-43-57(3)4/h57-63,68H,9-56H2,1-8H3,(H,73,74)(H,75,76)/t59?,60?,61-,62-,63-/m1/s1. The van der Waals surface area contributed by atoms with Gasteiger partial charge >= 0.3 is 39.5 Å². The lowest BCUT2D eigenvalue weighted by atomic mass is 9.99. The first-order chi connectivity index (χ1) is 41.2. The van der Waals surface area contributed by atoms with Gasteiger partial charge in [0, 0.05) is 25.7 Å². The van der Waals surface area contributed by atoms with Crippen LogP contribution >= 0.6 is 15.6 Å². The highest BCUT2D eigenvalue weighted by molar-refractivity contribution is 7.47. The van der Waals surface area contributed by atoms with E-state index in [0.717, 1.165) is 120 Å². The van der Waals surface area contributed by atoms with Gasteiger partial charge in [-0.2, -0.15) is 0 Å². The Balaban J connectivity index is 5.27. The summed E-state index contributed by atoms with van der Waals surface area (Å²) in [6, 6.07) is 0. The highest BCUT2D eigenvalue weighted by Crippen LogP contribution is 2.45. The first-order valence-electron chi connectivity index (χ1n) is 34.8. The Hall–Kier alpha value is -1.94. The number of phosphoric acid groups is 2. The second-order valence-electron chi connectivity index (χ2n) is 25.6. The van der Waals surface area contributed by atoms with E-state index in [-0.39, 0.29) is 25.7 Å². The third-order valence-electron chi connectivity index (χ3n) is 16.0. The van der Waals surface area contributed by atoms with Gasteiger partial charge in [-0.3, -0.25) is 37.3 Å². The summed E-state index contributed by atoms with van der Waals surface area (Å²) < 4.78 is 68.1. The zero-order chi connectivity index (χ0) is 63.9. The van der Waals surface area contributed by atoms with E-state index in [4.69, 9.17) is 37.0 Å². The Kier molecular flexibility index (Phi) is 55.7. The quantitative estimate of drug-likeness (QED) is 0.0222. The van der Waals surface area contributed by atoms with Crippen LogP contribution in [0.5, 0.6) is 0 Å². The molecule has 19 heteroatoms. The maximum absolute atomic E-state index is 13.0. The number of ether oxygens (including phenoxy) is 4. The Morgan fingerprint density at radius 3 is 0.826 bits per heavy atom. The molecule has 17 nitrogen and oxygen atoms in total. The summed E-state index contributed by atoms with van der Waals surface area (Å²) in [6.07, 6.45) is 37.5. The van der Waals surface area contributed by atoms with Gasteiger partial charge < -0.3 is 33.8 Å². The lowest BCUT2D eigenvalue weighted by Crippen LogP contribution is -2.30. The van der Waals surface area contributed by atoms with Crippen molar-refractivity contribution >= 4 is 39.5 Å². The zero-order valence-corrected chi connectivity index (χ0v) is 57.7. The van der Waals surface area contributed by atoms with Gasteiger partial charge in [-0.15, -0.1) is 0 Å². The Morgan fingerprint density at radius 2 is 0.558 bits per heavy atom. The van der Waals surface area contributed by atoms with Crippen LogP contribution in [0.4, 0.5) is 0 Å². The van der Waals surface area contributed by atoms with E-state index < -0.39 is 97.5 Å². The smallest absolute Gasteiger partial charge is 0.462 e. The van der Waals surface area contributed by atoms with Crippen LogP contribution in [0.25, 0.3) is 0 Å². The number of unbranched alkanes of at least 4 members (excludes halogenated alkanes) is 28. The van der Waals surface area contributed by atoms with Crippen molar-refractivity contribution in [3.05, 3.63) is 0 Å². The van der Waals surface area contributed by atoms with Gasteiger partial charge in [0.15, 0.2) is 12.2 Å². The predicted molar refractivity (Wildman–Crippen MR) is 344 cm³/mol. The summed E-state index contributed by atoms with van der Waals surface area (Å²) in [5.41, 5.74) is 0. The molecule has 0 aromatic rings. The number of hydrogen-bond donors (Lipinski definition) is 3. The third kappa shape index (κ3) is 58.4. The molecule has 4 unspecified atom stereocenters. The molecule has 0 rings (SSSR count). The summed E-state index contributed by atoms with van der Waals surface area (Å²) in [6.45, 7) is 14.0. The molecule has 7 atom stereocenters. The maximum Gasteiger partial charge on any atom is 0.472 e. The van der Waals surface area contributed by atoms with Crippen LogP contribution in [0.2, 0.25) is 0 Å². The molecule has 86 heavy (non-hydrogen) atoms. The minimum atomic E-state index is -4.95.